The Labute approximate surface area is 141 Å². The Balaban J connectivity index is 1.56. The van der Waals surface area contributed by atoms with Gasteiger partial charge in [0.05, 0.1) is 30.8 Å². The molecule has 2 aromatic rings. The molecule has 24 heavy (non-hydrogen) atoms. The van der Waals surface area contributed by atoms with Crippen molar-refractivity contribution in [3.8, 4) is 0 Å². The first-order valence-electron chi connectivity index (χ1n) is 7.35. The molecule has 1 aliphatic rings. The molecule has 9 heteroatoms. The number of carbonyl (C=O) groups excluding carboxylic acids is 3. The zero-order valence-corrected chi connectivity index (χ0v) is 13.5. The lowest BCUT2D eigenvalue weighted by atomic mass is 10.1. The van der Waals surface area contributed by atoms with Crippen molar-refractivity contribution >= 4 is 34.2 Å². The van der Waals surface area contributed by atoms with Crippen LogP contribution in [-0.2, 0) is 27.3 Å². The maximum absolute atomic E-state index is 12.3. The molecule has 3 amide bonds. The van der Waals surface area contributed by atoms with Crippen molar-refractivity contribution in [2.24, 2.45) is 11.7 Å². The zero-order valence-electron chi connectivity index (χ0n) is 12.7. The molecule has 3 rings (SSSR count). The van der Waals surface area contributed by atoms with Gasteiger partial charge in [-0.25, -0.2) is 4.98 Å². The molecule has 0 radical (unpaired) electrons. The number of rotatable bonds is 6. The SMILES string of the molecule is NC(=O)Cc1csc(NC(=O)C2CC(=O)N(Cc3ccco3)C2)n1. The number of nitrogens with zero attached hydrogens (tertiary/aromatic N) is 2. The standard InChI is InChI=1S/C15H16N4O4S/c16-12(20)5-10-8-24-15(17-10)18-14(22)9-4-13(21)19(6-9)7-11-2-1-3-23-11/h1-3,8-9H,4-7H2,(H2,16,20)(H,17,18,22). The number of hydrogen-bond acceptors (Lipinski definition) is 6. The normalized spacial score (nSPS) is 17.2. The van der Waals surface area contributed by atoms with Crippen molar-refractivity contribution in [1.29, 1.82) is 0 Å². The van der Waals surface area contributed by atoms with Gasteiger partial charge in [-0.1, -0.05) is 0 Å². The van der Waals surface area contributed by atoms with E-state index in [0.29, 0.717) is 29.7 Å². The first kappa shape index (κ1) is 16.2. The van der Waals surface area contributed by atoms with Crippen molar-refractivity contribution in [3.63, 3.8) is 0 Å². The number of thiazole rings is 1. The summed E-state index contributed by atoms with van der Waals surface area (Å²) >= 11 is 1.22. The Hall–Kier alpha value is -2.68. The van der Waals surface area contributed by atoms with Gasteiger partial charge in [-0.2, -0.15) is 0 Å². The summed E-state index contributed by atoms with van der Waals surface area (Å²) in [7, 11) is 0. The topological polar surface area (TPSA) is 119 Å². The van der Waals surface area contributed by atoms with Gasteiger partial charge in [0.25, 0.3) is 0 Å². The molecule has 0 saturated carbocycles. The second-order valence-corrected chi connectivity index (χ2v) is 6.39. The van der Waals surface area contributed by atoms with Crippen molar-refractivity contribution in [1.82, 2.24) is 9.88 Å². The number of furan rings is 1. The van der Waals surface area contributed by atoms with Crippen LogP contribution in [0.4, 0.5) is 5.13 Å². The minimum atomic E-state index is -0.479. The van der Waals surface area contributed by atoms with Gasteiger partial charge < -0.3 is 20.4 Å². The van der Waals surface area contributed by atoms with Crippen LogP contribution in [0.25, 0.3) is 0 Å². The second kappa shape index (κ2) is 6.83. The van der Waals surface area contributed by atoms with Gasteiger partial charge in [-0.3, -0.25) is 14.4 Å². The number of aromatic nitrogens is 1. The number of primary amides is 1. The molecule has 0 aliphatic carbocycles. The molecule has 1 unspecified atom stereocenters. The van der Waals surface area contributed by atoms with Crippen molar-refractivity contribution in [2.45, 2.75) is 19.4 Å². The number of nitrogens with one attached hydrogen (secondary N) is 1. The fraction of sp³-hybridized carbons (Fsp3) is 0.333. The highest BCUT2D eigenvalue weighted by atomic mass is 32.1. The molecule has 1 fully saturated rings. The predicted octanol–water partition coefficient (Wildman–Crippen LogP) is 0.751. The summed E-state index contributed by atoms with van der Waals surface area (Å²) in [5.74, 6) is -0.574. The van der Waals surface area contributed by atoms with E-state index in [1.807, 2.05) is 0 Å². The van der Waals surface area contributed by atoms with Crippen LogP contribution in [0.5, 0.6) is 0 Å². The molecule has 126 valence electrons. The van der Waals surface area contributed by atoms with Crippen molar-refractivity contribution < 1.29 is 18.8 Å². The molecular weight excluding hydrogens is 332 g/mol. The van der Waals surface area contributed by atoms with E-state index in [0.717, 1.165) is 0 Å². The van der Waals surface area contributed by atoms with Gasteiger partial charge in [0.2, 0.25) is 17.7 Å². The lowest BCUT2D eigenvalue weighted by Crippen LogP contribution is -2.27. The van der Waals surface area contributed by atoms with E-state index < -0.39 is 11.8 Å². The average molecular weight is 348 g/mol. The van der Waals surface area contributed by atoms with Gasteiger partial charge in [-0.05, 0) is 12.1 Å². The van der Waals surface area contributed by atoms with E-state index in [-0.39, 0.29) is 24.7 Å². The smallest absolute Gasteiger partial charge is 0.231 e. The Bertz CT molecular complexity index is 755. The fourth-order valence-electron chi connectivity index (χ4n) is 2.52. The summed E-state index contributed by atoms with van der Waals surface area (Å²) in [6.45, 7) is 0.695. The van der Waals surface area contributed by atoms with E-state index in [1.165, 1.54) is 11.3 Å². The lowest BCUT2D eigenvalue weighted by Gasteiger charge is -2.14. The molecule has 2 aromatic heterocycles. The van der Waals surface area contributed by atoms with E-state index >= 15 is 0 Å². The summed E-state index contributed by atoms with van der Waals surface area (Å²) in [4.78, 5) is 40.9. The van der Waals surface area contributed by atoms with Crippen LogP contribution in [0.1, 0.15) is 17.9 Å². The molecular formula is C15H16N4O4S. The first-order valence-corrected chi connectivity index (χ1v) is 8.23. The van der Waals surface area contributed by atoms with Crippen molar-refractivity contribution in [2.75, 3.05) is 11.9 Å². The van der Waals surface area contributed by atoms with Gasteiger partial charge in [0.15, 0.2) is 5.13 Å². The number of hydrogen-bond donors (Lipinski definition) is 2. The number of likely N-dealkylation sites (tertiary alicyclic amines) is 1. The number of amides is 3. The highest BCUT2D eigenvalue weighted by Gasteiger charge is 2.34. The van der Waals surface area contributed by atoms with Gasteiger partial charge >= 0.3 is 0 Å². The summed E-state index contributed by atoms with van der Waals surface area (Å²) in [6, 6.07) is 3.54. The Morgan fingerprint density at radius 1 is 1.50 bits per heavy atom. The molecule has 1 atom stereocenters. The van der Waals surface area contributed by atoms with Gasteiger partial charge in [0.1, 0.15) is 5.76 Å². The summed E-state index contributed by atoms with van der Waals surface area (Å²) in [5.41, 5.74) is 5.63. The summed E-state index contributed by atoms with van der Waals surface area (Å²) < 4.78 is 5.23. The zero-order chi connectivity index (χ0) is 17.1. The lowest BCUT2D eigenvalue weighted by molar-refractivity contribution is -0.128. The largest absolute Gasteiger partial charge is 0.467 e. The second-order valence-electron chi connectivity index (χ2n) is 5.53. The first-order chi connectivity index (χ1) is 11.5. The van der Waals surface area contributed by atoms with E-state index in [1.54, 1.807) is 28.7 Å². The van der Waals surface area contributed by atoms with Gasteiger partial charge in [-0.15, -0.1) is 11.3 Å². The van der Waals surface area contributed by atoms with Gasteiger partial charge in [0, 0.05) is 18.3 Å². The third-order valence-corrected chi connectivity index (χ3v) is 4.46. The number of nitrogens with two attached hydrogens (primary N) is 1. The van der Waals surface area contributed by atoms with Crippen LogP contribution in [0.2, 0.25) is 0 Å². The van der Waals surface area contributed by atoms with E-state index in [2.05, 4.69) is 10.3 Å². The van der Waals surface area contributed by atoms with E-state index in [4.69, 9.17) is 10.2 Å². The average Bonchev–Trinajstić information content (AvgIpc) is 3.23. The number of anilines is 1. The van der Waals surface area contributed by atoms with Crippen LogP contribution in [-0.4, -0.2) is 34.2 Å². The monoisotopic (exact) mass is 348 g/mol. The van der Waals surface area contributed by atoms with Crippen LogP contribution in [0.15, 0.2) is 28.2 Å². The Kier molecular flexibility index (Phi) is 4.61. The Morgan fingerprint density at radius 3 is 3.04 bits per heavy atom. The fourth-order valence-corrected chi connectivity index (χ4v) is 3.24. The molecule has 3 N–H and O–H groups in total. The molecule has 0 bridgehead atoms. The maximum Gasteiger partial charge on any atom is 0.231 e. The molecule has 0 spiro atoms. The van der Waals surface area contributed by atoms with Crippen LogP contribution < -0.4 is 11.1 Å². The molecule has 0 aromatic carbocycles. The number of carbonyl (C=O) groups is 3. The van der Waals surface area contributed by atoms with E-state index in [9.17, 15) is 14.4 Å². The minimum Gasteiger partial charge on any atom is -0.467 e. The molecule has 1 aliphatic heterocycles. The Morgan fingerprint density at radius 2 is 2.33 bits per heavy atom. The quantitative estimate of drug-likeness (QED) is 0.798. The third-order valence-electron chi connectivity index (χ3n) is 3.65. The molecule has 1 saturated heterocycles. The minimum absolute atomic E-state index is 0.0329. The van der Waals surface area contributed by atoms with Crippen molar-refractivity contribution in [3.05, 3.63) is 35.2 Å². The highest BCUT2D eigenvalue weighted by Crippen LogP contribution is 2.23. The molecule has 8 nitrogen and oxygen atoms in total. The highest BCUT2D eigenvalue weighted by molar-refractivity contribution is 7.13. The predicted molar refractivity (Wildman–Crippen MR) is 85.9 cm³/mol. The van der Waals surface area contributed by atoms with Crippen LogP contribution in [0.3, 0.4) is 0 Å². The van der Waals surface area contributed by atoms with Crippen LogP contribution in [0, 0.1) is 5.92 Å². The molecule has 3 heterocycles. The van der Waals surface area contributed by atoms with Crippen LogP contribution >= 0.6 is 11.3 Å². The summed E-state index contributed by atoms with van der Waals surface area (Å²) in [5, 5.41) is 4.76. The maximum atomic E-state index is 12.3. The summed E-state index contributed by atoms with van der Waals surface area (Å²) in [6.07, 6.45) is 1.74. The third kappa shape index (κ3) is 3.80.